The van der Waals surface area contributed by atoms with Crippen LogP contribution in [0, 0.1) is 0 Å². The molecule has 0 amide bonds. The summed E-state index contributed by atoms with van der Waals surface area (Å²) in [6.07, 6.45) is 2.76. The molecular formula is C9H10O2. The maximum Gasteiger partial charge on any atom is 0.125 e. The second kappa shape index (κ2) is 2.16. The van der Waals surface area contributed by atoms with Crippen LogP contribution < -0.4 is 0 Å². The van der Waals surface area contributed by atoms with Crippen LogP contribution in [0.15, 0.2) is 12.1 Å². The summed E-state index contributed by atoms with van der Waals surface area (Å²) in [7, 11) is 0. The van der Waals surface area contributed by atoms with E-state index in [-0.39, 0.29) is 5.75 Å². The van der Waals surface area contributed by atoms with Crippen LogP contribution in [0.1, 0.15) is 17.5 Å². The van der Waals surface area contributed by atoms with E-state index in [0.717, 1.165) is 24.8 Å². The van der Waals surface area contributed by atoms with Gasteiger partial charge in [-0.05, 0) is 30.9 Å². The van der Waals surface area contributed by atoms with E-state index in [9.17, 15) is 10.2 Å². The molecule has 0 unspecified atom stereocenters. The molecule has 1 aromatic carbocycles. The van der Waals surface area contributed by atoms with Crippen LogP contribution in [0.4, 0.5) is 0 Å². The van der Waals surface area contributed by atoms with Gasteiger partial charge in [-0.1, -0.05) is 6.07 Å². The smallest absolute Gasteiger partial charge is 0.125 e. The summed E-state index contributed by atoms with van der Waals surface area (Å²) < 4.78 is 0. The van der Waals surface area contributed by atoms with Crippen molar-refractivity contribution in [2.45, 2.75) is 19.3 Å². The van der Waals surface area contributed by atoms with Gasteiger partial charge in [-0.2, -0.15) is 0 Å². The fraction of sp³-hybridized carbons (Fsp3) is 0.333. The third-order valence-electron chi connectivity index (χ3n) is 2.21. The standard InChI is InChI=1S/C9H10O2/c10-8-5-4-6-2-1-3-7(8)9(6)11/h4-5,10-11H,1-3H2. The Morgan fingerprint density at radius 2 is 1.91 bits per heavy atom. The fourth-order valence-corrected chi connectivity index (χ4v) is 1.58. The number of phenolic OH excluding ortho intramolecular Hbond substituents is 2. The van der Waals surface area contributed by atoms with Crippen LogP contribution in [0.2, 0.25) is 0 Å². The third-order valence-corrected chi connectivity index (χ3v) is 2.21. The first-order valence-corrected chi connectivity index (χ1v) is 3.82. The van der Waals surface area contributed by atoms with Gasteiger partial charge < -0.3 is 10.2 Å². The Balaban J connectivity index is 2.66. The van der Waals surface area contributed by atoms with Gasteiger partial charge in [-0.3, -0.25) is 0 Å². The van der Waals surface area contributed by atoms with E-state index < -0.39 is 0 Å². The number of aryl methyl sites for hydroxylation is 1. The maximum absolute atomic E-state index is 9.47. The average molecular weight is 150 g/mol. The van der Waals surface area contributed by atoms with Gasteiger partial charge in [0, 0.05) is 5.56 Å². The molecule has 0 heterocycles. The largest absolute Gasteiger partial charge is 0.508 e. The van der Waals surface area contributed by atoms with Gasteiger partial charge in [0.25, 0.3) is 0 Å². The summed E-state index contributed by atoms with van der Waals surface area (Å²) in [4.78, 5) is 0. The topological polar surface area (TPSA) is 40.5 Å². The molecule has 2 bridgehead atoms. The number of rotatable bonds is 0. The summed E-state index contributed by atoms with van der Waals surface area (Å²) in [6.45, 7) is 0. The lowest BCUT2D eigenvalue weighted by Crippen LogP contribution is -2.00. The van der Waals surface area contributed by atoms with E-state index in [1.54, 1.807) is 12.1 Å². The molecule has 0 spiro atoms. The minimum Gasteiger partial charge on any atom is -0.508 e. The van der Waals surface area contributed by atoms with Gasteiger partial charge in [0.2, 0.25) is 0 Å². The van der Waals surface area contributed by atoms with Gasteiger partial charge in [-0.15, -0.1) is 0 Å². The SMILES string of the molecule is Oc1ccc2c(O)c1CCC2. The van der Waals surface area contributed by atoms with Crippen LogP contribution in [-0.4, -0.2) is 10.2 Å². The number of hydrogen-bond donors (Lipinski definition) is 2. The fourth-order valence-electron chi connectivity index (χ4n) is 1.58. The van der Waals surface area contributed by atoms with Crippen molar-refractivity contribution in [3.63, 3.8) is 0 Å². The number of aromatic hydroxyl groups is 2. The summed E-state index contributed by atoms with van der Waals surface area (Å²) in [5.41, 5.74) is 1.68. The quantitative estimate of drug-likeness (QED) is 0.589. The maximum atomic E-state index is 9.47. The lowest BCUT2D eigenvalue weighted by molar-refractivity contribution is 0.424. The predicted octanol–water partition coefficient (Wildman–Crippen LogP) is 1.59. The van der Waals surface area contributed by atoms with Crippen molar-refractivity contribution >= 4 is 0 Å². The van der Waals surface area contributed by atoms with Gasteiger partial charge in [0.05, 0.1) is 0 Å². The van der Waals surface area contributed by atoms with Crippen LogP contribution >= 0.6 is 0 Å². The number of hydrogen-bond acceptors (Lipinski definition) is 2. The molecule has 0 aliphatic heterocycles. The Morgan fingerprint density at radius 1 is 1.09 bits per heavy atom. The number of fused-ring (bicyclic) bond motifs is 2. The van der Waals surface area contributed by atoms with Crippen molar-refractivity contribution < 1.29 is 10.2 Å². The van der Waals surface area contributed by atoms with Crippen LogP contribution in [0.3, 0.4) is 0 Å². The third kappa shape index (κ3) is 0.862. The molecule has 0 saturated heterocycles. The Kier molecular flexibility index (Phi) is 1.28. The van der Waals surface area contributed by atoms with Crippen molar-refractivity contribution in [3.8, 4) is 11.5 Å². The summed E-state index contributed by atoms with van der Waals surface area (Å²) in [5.74, 6) is 0.530. The molecule has 1 aliphatic carbocycles. The molecule has 0 aromatic heterocycles. The minimum atomic E-state index is 0.228. The first-order chi connectivity index (χ1) is 5.29. The zero-order valence-electron chi connectivity index (χ0n) is 6.17. The van der Waals surface area contributed by atoms with E-state index in [1.165, 1.54) is 0 Å². The highest BCUT2D eigenvalue weighted by atomic mass is 16.3. The molecule has 2 N–H and O–H groups in total. The minimum absolute atomic E-state index is 0.228. The Morgan fingerprint density at radius 3 is 2.64 bits per heavy atom. The van der Waals surface area contributed by atoms with Gasteiger partial charge >= 0.3 is 0 Å². The monoisotopic (exact) mass is 150 g/mol. The lowest BCUT2D eigenvalue weighted by atomic mass is 9.93. The molecule has 0 saturated carbocycles. The van der Waals surface area contributed by atoms with Crippen molar-refractivity contribution in [2.24, 2.45) is 0 Å². The average Bonchev–Trinajstić information content (AvgIpc) is 1.98. The van der Waals surface area contributed by atoms with Gasteiger partial charge in [-0.25, -0.2) is 0 Å². The molecule has 0 fully saturated rings. The van der Waals surface area contributed by atoms with Crippen LogP contribution in [-0.2, 0) is 12.8 Å². The highest BCUT2D eigenvalue weighted by molar-refractivity contribution is 5.50. The van der Waals surface area contributed by atoms with E-state index in [2.05, 4.69) is 0 Å². The molecule has 0 radical (unpaired) electrons. The molecule has 2 nitrogen and oxygen atoms in total. The molecule has 1 aliphatic rings. The van der Waals surface area contributed by atoms with Gasteiger partial charge in [0.15, 0.2) is 0 Å². The normalized spacial score (nSPS) is 14.9. The van der Waals surface area contributed by atoms with E-state index >= 15 is 0 Å². The Bertz CT molecular complexity index is 292. The first kappa shape index (κ1) is 6.53. The first-order valence-electron chi connectivity index (χ1n) is 3.82. The lowest BCUT2D eigenvalue weighted by Gasteiger charge is -2.16. The zero-order chi connectivity index (χ0) is 7.84. The summed E-state index contributed by atoms with van der Waals surface area (Å²) in [5, 5.41) is 18.8. The number of phenols is 2. The van der Waals surface area contributed by atoms with Gasteiger partial charge in [0.1, 0.15) is 11.5 Å². The Hall–Kier alpha value is -1.18. The molecule has 58 valence electrons. The molecule has 0 atom stereocenters. The van der Waals surface area contributed by atoms with Crippen LogP contribution in [0.5, 0.6) is 11.5 Å². The van der Waals surface area contributed by atoms with Crippen molar-refractivity contribution in [1.29, 1.82) is 0 Å². The predicted molar refractivity (Wildman–Crippen MR) is 41.8 cm³/mol. The highest BCUT2D eigenvalue weighted by Gasteiger charge is 2.16. The van der Waals surface area contributed by atoms with Crippen molar-refractivity contribution in [3.05, 3.63) is 23.3 Å². The second-order valence-corrected chi connectivity index (χ2v) is 2.92. The summed E-state index contributed by atoms with van der Waals surface area (Å²) >= 11 is 0. The molecule has 1 aromatic rings. The van der Waals surface area contributed by atoms with Crippen LogP contribution in [0.25, 0.3) is 0 Å². The molecule has 11 heavy (non-hydrogen) atoms. The second-order valence-electron chi connectivity index (χ2n) is 2.92. The molecule has 2 heteroatoms. The Labute approximate surface area is 65.1 Å². The molecule has 2 rings (SSSR count). The van der Waals surface area contributed by atoms with E-state index in [0.29, 0.717) is 11.3 Å². The molecular weight excluding hydrogens is 140 g/mol. The highest BCUT2D eigenvalue weighted by Crippen LogP contribution is 2.35. The van der Waals surface area contributed by atoms with Crippen molar-refractivity contribution in [2.75, 3.05) is 0 Å². The zero-order valence-corrected chi connectivity index (χ0v) is 6.17. The summed E-state index contributed by atoms with van der Waals surface area (Å²) in [6, 6.07) is 3.44. The van der Waals surface area contributed by atoms with Crippen molar-refractivity contribution in [1.82, 2.24) is 0 Å². The van der Waals surface area contributed by atoms with E-state index in [1.807, 2.05) is 0 Å². The van der Waals surface area contributed by atoms with E-state index in [4.69, 9.17) is 0 Å². The number of benzene rings is 1.